The van der Waals surface area contributed by atoms with Crippen LogP contribution < -0.4 is 14.5 Å². The Balaban J connectivity index is 1.70. The molecule has 0 spiro atoms. The first-order valence-electron chi connectivity index (χ1n) is 11.5. The number of carboxylic acid groups (broad SMARTS) is 1. The van der Waals surface area contributed by atoms with Gasteiger partial charge in [0.2, 0.25) is 17.8 Å². The van der Waals surface area contributed by atoms with Crippen molar-refractivity contribution in [1.29, 1.82) is 0 Å². The minimum absolute atomic E-state index is 0.0313. The van der Waals surface area contributed by atoms with Gasteiger partial charge in [-0.25, -0.2) is 18.6 Å². The summed E-state index contributed by atoms with van der Waals surface area (Å²) in [6.07, 6.45) is -3.17. The number of hydrogen-bond acceptors (Lipinski definition) is 9. The molecule has 1 unspecified atom stereocenters. The van der Waals surface area contributed by atoms with Crippen LogP contribution in [0.4, 0.5) is 25.5 Å². The summed E-state index contributed by atoms with van der Waals surface area (Å²) in [4.78, 5) is 34.5. The number of hydrogen-bond donors (Lipinski definition) is 1. The van der Waals surface area contributed by atoms with Crippen molar-refractivity contribution in [3.05, 3.63) is 24.0 Å². The van der Waals surface area contributed by atoms with E-state index in [4.69, 9.17) is 9.47 Å². The SMILES string of the molecule is COc1cccc2c1nc(C(F)F)n2-c1nc(N2CCOCC2)nc(N2CCCC2N(C)C(=O)O)n1. The standard InChI is InChI=1S/C22H26F2N8O4/c1-29(22(33)34)15-7-4-8-31(15)20-26-19(30-9-11-36-12-10-30)27-21(28-20)32-13-5-3-6-14(35-2)16(13)25-18(32)17(23)24/h3,5-6,15,17H,4,7-12H2,1-2H3,(H,33,34). The van der Waals surface area contributed by atoms with E-state index in [2.05, 4.69) is 19.9 Å². The van der Waals surface area contributed by atoms with E-state index in [0.29, 0.717) is 56.5 Å². The maximum atomic E-state index is 14.2. The number of alkyl halides is 2. The highest BCUT2D eigenvalue weighted by molar-refractivity contribution is 5.84. The minimum atomic E-state index is -2.91. The molecule has 4 heterocycles. The average Bonchev–Trinajstić information content (AvgIpc) is 3.54. The number of halogens is 2. The summed E-state index contributed by atoms with van der Waals surface area (Å²) in [7, 11) is 2.93. The molecule has 0 radical (unpaired) electrons. The molecule has 0 aliphatic carbocycles. The smallest absolute Gasteiger partial charge is 0.408 e. The lowest BCUT2D eigenvalue weighted by Crippen LogP contribution is -2.46. The van der Waals surface area contributed by atoms with Crippen LogP contribution in [0, 0.1) is 0 Å². The van der Waals surface area contributed by atoms with Crippen molar-refractivity contribution in [2.75, 3.05) is 56.8 Å². The molecular weight excluding hydrogens is 478 g/mol. The van der Waals surface area contributed by atoms with Crippen molar-refractivity contribution in [2.24, 2.45) is 0 Å². The van der Waals surface area contributed by atoms with Crippen molar-refractivity contribution in [3.8, 4) is 11.7 Å². The molecule has 2 saturated heterocycles. The number of benzene rings is 1. The van der Waals surface area contributed by atoms with Crippen molar-refractivity contribution in [2.45, 2.75) is 25.4 Å². The molecule has 12 nitrogen and oxygen atoms in total. The number of methoxy groups -OCH3 is 1. The number of aromatic nitrogens is 5. The number of imidazole rings is 1. The van der Waals surface area contributed by atoms with Crippen LogP contribution in [0.25, 0.3) is 17.0 Å². The third kappa shape index (κ3) is 4.21. The topological polar surface area (TPSA) is 122 Å². The number of nitrogens with zero attached hydrogens (tertiary/aromatic N) is 8. The summed E-state index contributed by atoms with van der Waals surface area (Å²) >= 11 is 0. The second kappa shape index (κ2) is 9.68. The summed E-state index contributed by atoms with van der Waals surface area (Å²) in [6.45, 7) is 2.48. The Kier molecular flexibility index (Phi) is 6.43. The maximum Gasteiger partial charge on any atom is 0.408 e. The summed E-state index contributed by atoms with van der Waals surface area (Å²) in [5, 5.41) is 9.55. The fourth-order valence-electron chi connectivity index (χ4n) is 4.60. The zero-order chi connectivity index (χ0) is 25.4. The van der Waals surface area contributed by atoms with Crippen LogP contribution in [0.5, 0.6) is 5.75 Å². The Labute approximate surface area is 205 Å². The molecule has 2 aliphatic rings. The molecule has 2 fully saturated rings. The fourth-order valence-corrected chi connectivity index (χ4v) is 4.60. The highest BCUT2D eigenvalue weighted by Gasteiger charge is 2.34. The number of amides is 1. The van der Waals surface area contributed by atoms with E-state index in [0.717, 1.165) is 6.42 Å². The van der Waals surface area contributed by atoms with Gasteiger partial charge in [0.05, 0.1) is 25.8 Å². The lowest BCUT2D eigenvalue weighted by Gasteiger charge is -2.32. The Hall–Kier alpha value is -3.81. The number of morpholine rings is 1. The number of ether oxygens (including phenoxy) is 2. The van der Waals surface area contributed by atoms with Gasteiger partial charge < -0.3 is 24.4 Å². The molecule has 0 saturated carbocycles. The number of carbonyl (C=O) groups is 1. The van der Waals surface area contributed by atoms with Gasteiger partial charge in [-0.3, -0.25) is 9.47 Å². The van der Waals surface area contributed by atoms with Gasteiger partial charge in [-0.15, -0.1) is 0 Å². The van der Waals surface area contributed by atoms with Gasteiger partial charge in [-0.05, 0) is 25.0 Å². The molecule has 1 amide bonds. The Morgan fingerprint density at radius 3 is 2.56 bits per heavy atom. The summed E-state index contributed by atoms with van der Waals surface area (Å²) in [6, 6.07) is 4.97. The molecule has 1 atom stereocenters. The molecule has 14 heteroatoms. The molecule has 1 aromatic carbocycles. The molecular formula is C22H26F2N8O4. The molecule has 1 N–H and O–H groups in total. The highest BCUT2D eigenvalue weighted by atomic mass is 19.3. The van der Waals surface area contributed by atoms with Gasteiger partial charge in [0.15, 0.2) is 5.82 Å². The van der Waals surface area contributed by atoms with E-state index in [1.54, 1.807) is 23.1 Å². The first-order chi connectivity index (χ1) is 17.4. The van der Waals surface area contributed by atoms with Gasteiger partial charge in [0.25, 0.3) is 6.43 Å². The summed E-state index contributed by atoms with van der Waals surface area (Å²) < 4.78 is 40.4. The lowest BCUT2D eigenvalue weighted by atomic mass is 10.3. The van der Waals surface area contributed by atoms with Gasteiger partial charge in [0, 0.05) is 26.7 Å². The van der Waals surface area contributed by atoms with E-state index < -0.39 is 24.5 Å². The highest BCUT2D eigenvalue weighted by Crippen LogP contribution is 2.33. The normalized spacial score (nSPS) is 18.3. The van der Waals surface area contributed by atoms with E-state index in [-0.39, 0.29) is 17.4 Å². The van der Waals surface area contributed by atoms with Crippen LogP contribution in [0.2, 0.25) is 0 Å². The van der Waals surface area contributed by atoms with E-state index >= 15 is 0 Å². The van der Waals surface area contributed by atoms with Crippen molar-refractivity contribution in [1.82, 2.24) is 29.4 Å². The first-order valence-corrected chi connectivity index (χ1v) is 11.5. The van der Waals surface area contributed by atoms with Crippen LogP contribution in [-0.2, 0) is 4.74 Å². The molecule has 3 aromatic rings. The van der Waals surface area contributed by atoms with Crippen molar-refractivity contribution < 1.29 is 28.2 Å². The quantitative estimate of drug-likeness (QED) is 0.536. The monoisotopic (exact) mass is 504 g/mol. The van der Waals surface area contributed by atoms with Crippen LogP contribution >= 0.6 is 0 Å². The van der Waals surface area contributed by atoms with Crippen LogP contribution in [-0.4, -0.2) is 93.8 Å². The van der Waals surface area contributed by atoms with E-state index in [1.165, 1.54) is 23.6 Å². The fraction of sp³-hybridized carbons (Fsp3) is 0.500. The molecule has 0 bridgehead atoms. The second-order valence-corrected chi connectivity index (χ2v) is 8.48. The van der Waals surface area contributed by atoms with Crippen LogP contribution in [0.3, 0.4) is 0 Å². The number of fused-ring (bicyclic) bond motifs is 1. The zero-order valence-electron chi connectivity index (χ0n) is 19.8. The summed E-state index contributed by atoms with van der Waals surface area (Å²) in [5.41, 5.74) is 0.616. The van der Waals surface area contributed by atoms with E-state index in [1.807, 2.05) is 4.90 Å². The molecule has 192 valence electrons. The second-order valence-electron chi connectivity index (χ2n) is 8.48. The van der Waals surface area contributed by atoms with Gasteiger partial charge in [0.1, 0.15) is 17.4 Å². The number of anilines is 2. The zero-order valence-corrected chi connectivity index (χ0v) is 19.8. The minimum Gasteiger partial charge on any atom is -0.494 e. The molecule has 5 rings (SSSR count). The maximum absolute atomic E-state index is 14.2. The predicted octanol–water partition coefficient (Wildman–Crippen LogP) is 2.53. The Morgan fingerprint density at radius 2 is 1.86 bits per heavy atom. The lowest BCUT2D eigenvalue weighted by molar-refractivity contribution is 0.122. The average molecular weight is 504 g/mol. The van der Waals surface area contributed by atoms with Crippen molar-refractivity contribution in [3.63, 3.8) is 0 Å². The molecule has 2 aliphatic heterocycles. The number of rotatable bonds is 6. The van der Waals surface area contributed by atoms with Gasteiger partial charge >= 0.3 is 6.09 Å². The molecule has 36 heavy (non-hydrogen) atoms. The van der Waals surface area contributed by atoms with Crippen LogP contribution in [0.15, 0.2) is 18.2 Å². The van der Waals surface area contributed by atoms with Crippen LogP contribution in [0.1, 0.15) is 25.1 Å². The first kappa shape index (κ1) is 23.9. The molecule has 2 aromatic heterocycles. The van der Waals surface area contributed by atoms with E-state index in [9.17, 15) is 18.7 Å². The summed E-state index contributed by atoms with van der Waals surface area (Å²) in [5.74, 6) is 0.295. The van der Waals surface area contributed by atoms with Gasteiger partial charge in [-0.1, -0.05) is 6.07 Å². The third-order valence-electron chi connectivity index (χ3n) is 6.41. The number of para-hydroxylation sites is 1. The van der Waals surface area contributed by atoms with Gasteiger partial charge in [-0.2, -0.15) is 15.0 Å². The predicted molar refractivity (Wildman–Crippen MR) is 125 cm³/mol. The Bertz CT molecular complexity index is 1270. The third-order valence-corrected chi connectivity index (χ3v) is 6.41. The largest absolute Gasteiger partial charge is 0.494 e. The Morgan fingerprint density at radius 1 is 1.14 bits per heavy atom. The van der Waals surface area contributed by atoms with Crippen molar-refractivity contribution >= 4 is 29.0 Å².